The largest absolute Gasteiger partial charge is 0.481 e. The monoisotopic (exact) mass is 407 g/mol. The van der Waals surface area contributed by atoms with Crippen molar-refractivity contribution in [2.45, 2.75) is 32.8 Å². The average Bonchev–Trinajstić information content (AvgIpc) is 3.16. The van der Waals surface area contributed by atoms with E-state index in [1.165, 1.54) is 11.3 Å². The highest BCUT2D eigenvalue weighted by atomic mass is 32.1. The van der Waals surface area contributed by atoms with Crippen LogP contribution in [0.1, 0.15) is 24.5 Å². The van der Waals surface area contributed by atoms with Gasteiger partial charge in [-0.05, 0) is 55.7 Å². The van der Waals surface area contributed by atoms with Gasteiger partial charge in [0.2, 0.25) is 5.91 Å². The predicted octanol–water partition coefficient (Wildman–Crippen LogP) is 4.41. The van der Waals surface area contributed by atoms with Gasteiger partial charge in [-0.15, -0.1) is 11.3 Å². The lowest BCUT2D eigenvalue weighted by Gasteiger charge is -2.17. The molecule has 0 saturated carbocycles. The maximum Gasteiger partial charge on any atom is 0.266 e. The number of aromatic nitrogens is 1. The highest BCUT2D eigenvalue weighted by Gasteiger charge is 2.18. The number of fused-ring (bicyclic) bond motifs is 1. The number of nitrogens with one attached hydrogen (secondary N) is 2. The van der Waals surface area contributed by atoms with Crippen molar-refractivity contribution in [1.29, 1.82) is 0 Å². The zero-order valence-electron chi connectivity index (χ0n) is 16.2. The fraction of sp³-hybridized carbons (Fsp3) is 0.227. The van der Waals surface area contributed by atoms with E-state index >= 15 is 0 Å². The molecule has 0 bridgehead atoms. The maximum atomic E-state index is 12.5. The van der Waals surface area contributed by atoms with Crippen molar-refractivity contribution in [1.82, 2.24) is 4.98 Å². The minimum absolute atomic E-state index is 0.0471. The lowest BCUT2D eigenvalue weighted by Crippen LogP contribution is -2.30. The summed E-state index contributed by atoms with van der Waals surface area (Å²) in [4.78, 5) is 28.5. The third-order valence-electron chi connectivity index (χ3n) is 4.70. The van der Waals surface area contributed by atoms with Crippen molar-refractivity contribution in [2.24, 2.45) is 0 Å². The van der Waals surface area contributed by atoms with Crippen molar-refractivity contribution in [2.75, 3.05) is 10.6 Å². The van der Waals surface area contributed by atoms with Crippen LogP contribution in [0, 0.1) is 6.92 Å². The van der Waals surface area contributed by atoms with Gasteiger partial charge in [-0.25, -0.2) is 4.98 Å². The standard InChI is InChI=1S/C22H21N3O3S/c1-13-4-3-5-17(10-13)28-14(2)21(27)25-22-24-19(12-29-22)16-6-8-18-15(11-16)7-9-20(26)23-18/h3-6,8,10-12,14H,7,9H2,1-2H3,(H,23,26)(H,24,25,27)/t14-/m0/s1. The van der Waals surface area contributed by atoms with Crippen molar-refractivity contribution in [3.05, 3.63) is 59.0 Å². The molecule has 6 nitrogen and oxygen atoms in total. The Morgan fingerprint density at radius 3 is 2.93 bits per heavy atom. The summed E-state index contributed by atoms with van der Waals surface area (Å²) in [5.74, 6) is 0.458. The Bertz CT molecular complexity index is 1080. The fourth-order valence-electron chi connectivity index (χ4n) is 3.16. The molecule has 1 aliphatic rings. The second-order valence-corrected chi connectivity index (χ2v) is 7.88. The maximum absolute atomic E-state index is 12.5. The number of nitrogens with zero attached hydrogens (tertiary/aromatic N) is 1. The van der Waals surface area contributed by atoms with Crippen LogP contribution in [0.5, 0.6) is 5.75 Å². The van der Waals surface area contributed by atoms with Crippen molar-refractivity contribution >= 4 is 34.0 Å². The fourth-order valence-corrected chi connectivity index (χ4v) is 3.88. The zero-order valence-corrected chi connectivity index (χ0v) is 17.0. The Labute approximate surface area is 172 Å². The highest BCUT2D eigenvalue weighted by Crippen LogP contribution is 2.30. The highest BCUT2D eigenvalue weighted by molar-refractivity contribution is 7.14. The summed E-state index contributed by atoms with van der Waals surface area (Å²) in [5.41, 5.74) is 4.78. The summed E-state index contributed by atoms with van der Waals surface area (Å²) >= 11 is 1.37. The molecular formula is C22H21N3O3S. The van der Waals surface area contributed by atoms with Gasteiger partial charge in [-0.1, -0.05) is 18.2 Å². The quantitative estimate of drug-likeness (QED) is 0.657. The van der Waals surface area contributed by atoms with E-state index in [-0.39, 0.29) is 11.8 Å². The molecule has 3 aromatic rings. The molecule has 7 heteroatoms. The zero-order chi connectivity index (χ0) is 20.4. The molecule has 0 unspecified atom stereocenters. The molecule has 1 aliphatic heterocycles. The first kappa shape index (κ1) is 19.1. The number of benzene rings is 2. The number of hydrogen-bond donors (Lipinski definition) is 2. The van der Waals surface area contributed by atoms with Gasteiger partial charge in [0, 0.05) is 23.1 Å². The van der Waals surface area contributed by atoms with E-state index in [1.807, 2.05) is 54.8 Å². The molecule has 148 valence electrons. The van der Waals surface area contributed by atoms with Gasteiger partial charge in [-0.2, -0.15) is 0 Å². The lowest BCUT2D eigenvalue weighted by molar-refractivity contribution is -0.122. The van der Waals surface area contributed by atoms with E-state index in [9.17, 15) is 9.59 Å². The first-order valence-electron chi connectivity index (χ1n) is 9.41. The SMILES string of the molecule is Cc1cccc(O[C@@H](C)C(=O)Nc2nc(-c3ccc4c(c3)CCC(=O)N4)cs2)c1. The van der Waals surface area contributed by atoms with Gasteiger partial charge in [0.15, 0.2) is 11.2 Å². The van der Waals surface area contributed by atoms with Crippen LogP contribution in [0.25, 0.3) is 11.3 Å². The molecule has 1 aromatic heterocycles. The van der Waals surface area contributed by atoms with E-state index in [0.29, 0.717) is 17.3 Å². The van der Waals surface area contributed by atoms with Crippen LogP contribution >= 0.6 is 11.3 Å². The number of aryl methyl sites for hydroxylation is 2. The minimum Gasteiger partial charge on any atom is -0.481 e. The molecule has 0 radical (unpaired) electrons. The number of ether oxygens (including phenoxy) is 1. The molecule has 0 saturated heterocycles. The molecule has 2 N–H and O–H groups in total. The number of anilines is 2. The Balaban J connectivity index is 1.42. The summed E-state index contributed by atoms with van der Waals surface area (Å²) in [6.07, 6.45) is 0.570. The van der Waals surface area contributed by atoms with Crippen molar-refractivity contribution in [3.8, 4) is 17.0 Å². The van der Waals surface area contributed by atoms with E-state index in [0.717, 1.165) is 34.5 Å². The lowest BCUT2D eigenvalue weighted by atomic mass is 9.99. The predicted molar refractivity (Wildman–Crippen MR) is 114 cm³/mol. The van der Waals surface area contributed by atoms with Crippen LogP contribution < -0.4 is 15.4 Å². The van der Waals surface area contributed by atoms with Crippen molar-refractivity contribution in [3.63, 3.8) is 0 Å². The molecule has 0 fully saturated rings. The Kier molecular flexibility index (Phi) is 5.31. The van der Waals surface area contributed by atoms with Crippen LogP contribution in [-0.2, 0) is 16.0 Å². The number of carbonyl (C=O) groups is 2. The molecule has 4 rings (SSSR count). The van der Waals surface area contributed by atoms with E-state index < -0.39 is 6.10 Å². The smallest absolute Gasteiger partial charge is 0.266 e. The number of thiazole rings is 1. The van der Waals surface area contributed by atoms with E-state index in [1.54, 1.807) is 6.92 Å². The molecule has 2 aromatic carbocycles. The molecule has 0 aliphatic carbocycles. The molecular weight excluding hydrogens is 386 g/mol. The van der Waals surface area contributed by atoms with Crippen molar-refractivity contribution < 1.29 is 14.3 Å². The number of rotatable bonds is 5. The van der Waals surface area contributed by atoms with Gasteiger partial charge in [0.1, 0.15) is 5.75 Å². The van der Waals surface area contributed by atoms with Gasteiger partial charge < -0.3 is 10.1 Å². The Hall–Kier alpha value is -3.19. The molecule has 1 atom stereocenters. The second-order valence-electron chi connectivity index (χ2n) is 7.02. The van der Waals surface area contributed by atoms with Gasteiger partial charge in [0.05, 0.1) is 5.69 Å². The summed E-state index contributed by atoms with van der Waals surface area (Å²) in [7, 11) is 0. The van der Waals surface area contributed by atoms with E-state index in [2.05, 4.69) is 15.6 Å². The van der Waals surface area contributed by atoms with Crippen LogP contribution in [0.2, 0.25) is 0 Å². The molecule has 2 amide bonds. The van der Waals surface area contributed by atoms with Gasteiger partial charge in [0.25, 0.3) is 5.91 Å². The summed E-state index contributed by atoms with van der Waals surface area (Å²) in [6.45, 7) is 3.69. The first-order chi connectivity index (χ1) is 14.0. The summed E-state index contributed by atoms with van der Waals surface area (Å²) in [5, 5.41) is 8.13. The minimum atomic E-state index is -0.642. The second kappa shape index (κ2) is 8.05. The van der Waals surface area contributed by atoms with Gasteiger partial charge in [-0.3, -0.25) is 14.9 Å². The Morgan fingerprint density at radius 2 is 2.10 bits per heavy atom. The Morgan fingerprint density at radius 1 is 1.24 bits per heavy atom. The summed E-state index contributed by atoms with van der Waals surface area (Å²) < 4.78 is 5.72. The topological polar surface area (TPSA) is 80.3 Å². The third kappa shape index (κ3) is 4.46. The summed E-state index contributed by atoms with van der Waals surface area (Å²) in [6, 6.07) is 13.5. The van der Waals surface area contributed by atoms with Crippen LogP contribution in [0.3, 0.4) is 0 Å². The van der Waals surface area contributed by atoms with Crippen LogP contribution in [0.15, 0.2) is 47.8 Å². The molecule has 2 heterocycles. The van der Waals surface area contributed by atoms with Crippen LogP contribution in [-0.4, -0.2) is 22.9 Å². The van der Waals surface area contributed by atoms with Crippen LogP contribution in [0.4, 0.5) is 10.8 Å². The third-order valence-corrected chi connectivity index (χ3v) is 5.46. The average molecular weight is 407 g/mol. The van der Waals surface area contributed by atoms with E-state index in [4.69, 9.17) is 4.74 Å². The normalized spacial score (nSPS) is 13.9. The molecule has 0 spiro atoms. The number of carbonyl (C=O) groups excluding carboxylic acids is 2. The first-order valence-corrected chi connectivity index (χ1v) is 10.3. The number of hydrogen-bond acceptors (Lipinski definition) is 5. The number of amides is 2. The molecule has 29 heavy (non-hydrogen) atoms. The van der Waals surface area contributed by atoms with Gasteiger partial charge >= 0.3 is 0 Å².